The first-order chi connectivity index (χ1) is 12.2. The molecule has 0 amide bonds. The molecule has 0 bridgehead atoms. The molecule has 0 aliphatic carbocycles. The van der Waals surface area contributed by atoms with E-state index in [1.807, 2.05) is 7.79 Å². The fraction of sp³-hybridized carbons (Fsp3) is 1.00. The minimum Gasteiger partial charge on any atom is -0.292 e. The zero-order chi connectivity index (χ0) is 23.8. The molecule has 0 spiro atoms. The summed E-state index contributed by atoms with van der Waals surface area (Å²) in [6, 6.07) is 0. The van der Waals surface area contributed by atoms with Crippen molar-refractivity contribution in [3.05, 3.63) is 0 Å². The molecular weight excluding hydrogens is 483 g/mol. The zero-order valence-corrected chi connectivity index (χ0v) is 29.0. The van der Waals surface area contributed by atoms with Crippen molar-refractivity contribution in [2.45, 2.75) is 105 Å². The van der Waals surface area contributed by atoms with Crippen molar-refractivity contribution in [2.75, 3.05) is 0 Å². The SMILES string of the molecule is C[Si](C)(C)N1N([Si](C)(C)C)[Si](C)(C)N([Si](C)(C)C)[Si](F)(F)N([Si](C)(C)C)[Si]1(C)C. The van der Waals surface area contributed by atoms with E-state index in [0.717, 1.165) is 0 Å². The second-order valence-electron chi connectivity index (χ2n) is 13.5. The number of rotatable bonds is 4. The van der Waals surface area contributed by atoms with Crippen molar-refractivity contribution in [3.8, 4) is 0 Å². The molecule has 0 unspecified atom stereocenters. The smallest absolute Gasteiger partial charge is 0.292 e. The van der Waals surface area contributed by atoms with Gasteiger partial charge in [-0.15, -0.1) is 0 Å². The normalized spacial score (nSPS) is 25.9. The summed E-state index contributed by atoms with van der Waals surface area (Å²) in [5, 5.41) is 0. The molecule has 0 atom stereocenters. The van der Waals surface area contributed by atoms with Crippen LogP contribution < -0.4 is 0 Å². The average Bonchev–Trinajstić information content (AvgIpc) is 2.29. The lowest BCUT2D eigenvalue weighted by Crippen LogP contribution is -2.82. The fourth-order valence-electron chi connectivity index (χ4n) is 6.13. The first-order valence-electron chi connectivity index (χ1n) is 10.8. The fourth-order valence-corrected chi connectivity index (χ4v) is 58.7. The van der Waals surface area contributed by atoms with Gasteiger partial charge in [0, 0.05) is 0 Å². The van der Waals surface area contributed by atoms with Crippen LogP contribution in [0.25, 0.3) is 0 Å². The summed E-state index contributed by atoms with van der Waals surface area (Å²) in [6.45, 7) is 36.0. The first-order valence-corrected chi connectivity index (χ1v) is 32.0. The van der Waals surface area contributed by atoms with Crippen LogP contribution in [0.1, 0.15) is 0 Å². The van der Waals surface area contributed by atoms with Crippen LogP contribution in [0.3, 0.4) is 0 Å². The Morgan fingerprint density at radius 3 is 0.793 bits per heavy atom. The zero-order valence-electron chi connectivity index (χ0n) is 22.0. The summed E-state index contributed by atoms with van der Waals surface area (Å²) < 4.78 is 43.3. The molecule has 0 N–H and O–H groups in total. The van der Waals surface area contributed by atoms with Crippen molar-refractivity contribution in [1.82, 2.24) is 16.5 Å². The molecule has 0 aromatic rings. The van der Waals surface area contributed by atoms with Gasteiger partial charge in [0.2, 0.25) is 0 Å². The van der Waals surface area contributed by atoms with Gasteiger partial charge in [0.05, 0.1) is 0 Å². The van der Waals surface area contributed by atoms with Crippen LogP contribution in [0.15, 0.2) is 0 Å². The molecule has 13 heteroatoms. The Kier molecular flexibility index (Phi) is 7.43. The summed E-state index contributed by atoms with van der Waals surface area (Å²) in [5.41, 5.74) is 0. The molecule has 0 aromatic heterocycles. The van der Waals surface area contributed by atoms with Crippen LogP contribution in [0, 0.1) is 0 Å². The van der Waals surface area contributed by atoms with Crippen LogP contribution in [0.4, 0.5) is 8.22 Å². The number of hydrogen-bond acceptors (Lipinski definition) is 4. The lowest BCUT2D eigenvalue weighted by Gasteiger charge is -2.61. The summed E-state index contributed by atoms with van der Waals surface area (Å²) in [4.78, 5) is 0. The topological polar surface area (TPSA) is 13.0 Å². The maximum Gasteiger partial charge on any atom is 0.574 e. The van der Waals surface area contributed by atoms with Gasteiger partial charge in [-0.2, -0.15) is 0 Å². The van der Waals surface area contributed by atoms with Gasteiger partial charge in [-0.25, -0.2) is 8.22 Å². The minimum absolute atomic E-state index is 1.91. The van der Waals surface area contributed by atoms with Gasteiger partial charge < -0.3 is 0 Å². The van der Waals surface area contributed by atoms with E-state index in [-0.39, 0.29) is 0 Å². The first kappa shape index (κ1) is 28.3. The summed E-state index contributed by atoms with van der Waals surface area (Å²) >= 11 is 0. The van der Waals surface area contributed by atoms with Crippen molar-refractivity contribution >= 4 is 58.8 Å². The number of hydrogen-bond donors (Lipinski definition) is 0. The standard InChI is InChI=1S/C16H48F2N4Si7/c1-23(2,3)19-20(24(4,5)6)28(15,16)22(26(10,11)12)29(17,18)21(25(7,8)9)27(19,13)14/h1-16H3. The number of halogens is 2. The molecule has 174 valence electrons. The Morgan fingerprint density at radius 1 is 0.448 bits per heavy atom. The third kappa shape index (κ3) is 5.09. The molecule has 0 saturated carbocycles. The summed E-state index contributed by atoms with van der Waals surface area (Å²) in [6.07, 6.45) is 0. The van der Waals surface area contributed by atoms with E-state index in [2.05, 4.69) is 113 Å². The Balaban J connectivity index is 4.22. The maximum atomic E-state index is 17.0. The third-order valence-electron chi connectivity index (χ3n) is 5.48. The van der Waals surface area contributed by atoms with E-state index in [4.69, 9.17) is 0 Å². The van der Waals surface area contributed by atoms with Crippen LogP contribution in [0.5, 0.6) is 0 Å². The van der Waals surface area contributed by atoms with E-state index in [9.17, 15) is 0 Å². The molecule has 1 aliphatic rings. The van der Waals surface area contributed by atoms with E-state index in [0.29, 0.717) is 0 Å². The highest BCUT2D eigenvalue weighted by Gasteiger charge is 2.73. The van der Waals surface area contributed by atoms with Crippen LogP contribution in [0.2, 0.25) is 105 Å². The minimum atomic E-state index is -4.81. The van der Waals surface area contributed by atoms with Crippen LogP contribution >= 0.6 is 0 Å². The van der Waals surface area contributed by atoms with Crippen molar-refractivity contribution in [2.24, 2.45) is 0 Å². The second kappa shape index (κ2) is 7.63. The molecule has 1 saturated heterocycles. The Hall–Kier alpha value is 1.22. The van der Waals surface area contributed by atoms with E-state index in [1.54, 1.807) is 0 Å². The molecule has 1 rings (SSSR count). The van der Waals surface area contributed by atoms with Gasteiger partial charge in [0.25, 0.3) is 0 Å². The van der Waals surface area contributed by atoms with Crippen molar-refractivity contribution in [1.29, 1.82) is 0 Å². The predicted molar refractivity (Wildman–Crippen MR) is 144 cm³/mol. The number of hydrazine groups is 1. The largest absolute Gasteiger partial charge is 0.574 e. The quantitative estimate of drug-likeness (QED) is 0.315. The Morgan fingerprint density at radius 2 is 0.655 bits per heavy atom. The van der Waals surface area contributed by atoms with Gasteiger partial charge in [0.15, 0.2) is 16.8 Å². The Labute approximate surface area is 187 Å². The second-order valence-corrected chi connectivity index (χ2v) is 45.8. The van der Waals surface area contributed by atoms with Crippen molar-refractivity contribution in [3.63, 3.8) is 0 Å². The summed E-state index contributed by atoms with van der Waals surface area (Å²) in [7, 11) is -18.4. The van der Waals surface area contributed by atoms with Crippen LogP contribution in [-0.2, 0) is 0 Å². The van der Waals surface area contributed by atoms with E-state index < -0.39 is 58.8 Å². The van der Waals surface area contributed by atoms with Crippen molar-refractivity contribution < 1.29 is 8.22 Å². The van der Waals surface area contributed by atoms with Gasteiger partial charge in [-0.05, 0) is 26.2 Å². The van der Waals surface area contributed by atoms with Gasteiger partial charge in [-0.3, -0.25) is 16.5 Å². The van der Waals surface area contributed by atoms with Crippen LogP contribution in [-0.4, -0.2) is 75.3 Å². The molecule has 1 aliphatic heterocycles. The Bertz CT molecular complexity index is 567. The van der Waals surface area contributed by atoms with Gasteiger partial charge in [0.1, 0.15) is 32.9 Å². The molecule has 0 radical (unpaired) electrons. The van der Waals surface area contributed by atoms with E-state index in [1.165, 1.54) is 0 Å². The van der Waals surface area contributed by atoms with Gasteiger partial charge in [-0.1, -0.05) is 78.6 Å². The molecular formula is C16H48F2N4Si7. The summed E-state index contributed by atoms with van der Waals surface area (Å²) in [5.74, 6) is 0. The number of nitrogens with zero attached hydrogens (tertiary/aromatic N) is 4. The average molecular weight is 531 g/mol. The molecule has 0 aromatic carbocycles. The highest BCUT2D eigenvalue weighted by atomic mass is 28.6. The molecule has 1 fully saturated rings. The van der Waals surface area contributed by atoms with E-state index >= 15 is 8.22 Å². The monoisotopic (exact) mass is 530 g/mol. The highest BCUT2D eigenvalue weighted by Crippen LogP contribution is 2.46. The lowest BCUT2D eigenvalue weighted by atomic mass is 11.8. The highest BCUT2D eigenvalue weighted by molar-refractivity contribution is 7.12. The maximum absolute atomic E-state index is 17.0. The lowest BCUT2D eigenvalue weighted by molar-refractivity contribution is 0.335. The molecule has 4 nitrogen and oxygen atoms in total. The molecule has 1 heterocycles. The molecule has 29 heavy (non-hydrogen) atoms. The predicted octanol–water partition coefficient (Wildman–Crippen LogP) is 6.24. The van der Waals surface area contributed by atoms with Gasteiger partial charge >= 0.3 is 9.06 Å². The third-order valence-corrected chi connectivity index (χ3v) is 42.8.